The third-order valence-corrected chi connectivity index (χ3v) is 0.853. The van der Waals surface area contributed by atoms with Gasteiger partial charge in [0, 0.05) is 0 Å². The SMILES string of the molecule is C=C/C=C\C/C=C/B(O)O. The Labute approximate surface area is 61.3 Å². The van der Waals surface area contributed by atoms with Crippen LogP contribution in [0.15, 0.2) is 36.9 Å². The van der Waals surface area contributed by atoms with E-state index in [1.807, 2.05) is 6.08 Å². The number of hydrogen-bond donors (Lipinski definition) is 2. The zero-order chi connectivity index (χ0) is 7.82. The molecule has 0 aromatic rings. The molecule has 0 aromatic heterocycles. The fourth-order valence-electron chi connectivity index (χ4n) is 0.454. The highest BCUT2D eigenvalue weighted by Crippen LogP contribution is 1.86. The van der Waals surface area contributed by atoms with E-state index >= 15 is 0 Å². The summed E-state index contributed by atoms with van der Waals surface area (Å²) < 4.78 is 0. The summed E-state index contributed by atoms with van der Waals surface area (Å²) >= 11 is 0. The predicted octanol–water partition coefficient (Wildman–Crippen LogP) is 0.687. The zero-order valence-corrected chi connectivity index (χ0v) is 5.77. The second-order valence-corrected chi connectivity index (χ2v) is 1.74. The molecule has 0 fully saturated rings. The van der Waals surface area contributed by atoms with Gasteiger partial charge in [-0.3, -0.25) is 0 Å². The maximum Gasteiger partial charge on any atom is 0.480 e. The van der Waals surface area contributed by atoms with E-state index in [1.165, 1.54) is 5.98 Å². The smallest absolute Gasteiger partial charge is 0.424 e. The molecule has 54 valence electrons. The Morgan fingerprint density at radius 2 is 2.00 bits per heavy atom. The van der Waals surface area contributed by atoms with Crippen LogP contribution in [0.1, 0.15) is 6.42 Å². The molecular weight excluding hydrogens is 127 g/mol. The van der Waals surface area contributed by atoms with E-state index in [0.29, 0.717) is 6.42 Å². The summed E-state index contributed by atoms with van der Waals surface area (Å²) in [6.45, 7) is 3.48. The lowest BCUT2D eigenvalue weighted by Gasteiger charge is -1.83. The van der Waals surface area contributed by atoms with Gasteiger partial charge in [-0.05, 0) is 6.42 Å². The first-order chi connectivity index (χ1) is 4.77. The van der Waals surface area contributed by atoms with Crippen molar-refractivity contribution in [1.29, 1.82) is 0 Å². The van der Waals surface area contributed by atoms with E-state index in [1.54, 1.807) is 18.2 Å². The van der Waals surface area contributed by atoms with E-state index in [2.05, 4.69) is 6.58 Å². The van der Waals surface area contributed by atoms with Crippen LogP contribution >= 0.6 is 0 Å². The van der Waals surface area contributed by atoms with Gasteiger partial charge < -0.3 is 10.0 Å². The Balaban J connectivity index is 3.35. The largest absolute Gasteiger partial charge is 0.480 e. The molecule has 2 nitrogen and oxygen atoms in total. The van der Waals surface area contributed by atoms with Gasteiger partial charge in [-0.1, -0.05) is 36.9 Å². The van der Waals surface area contributed by atoms with Gasteiger partial charge in [0.2, 0.25) is 0 Å². The second-order valence-electron chi connectivity index (χ2n) is 1.74. The van der Waals surface area contributed by atoms with Crippen molar-refractivity contribution in [3.05, 3.63) is 36.9 Å². The molecule has 0 aliphatic rings. The van der Waals surface area contributed by atoms with Crippen molar-refractivity contribution < 1.29 is 10.0 Å². The molecule has 0 radical (unpaired) electrons. The Hall–Kier alpha value is -0.795. The second kappa shape index (κ2) is 6.33. The van der Waals surface area contributed by atoms with Gasteiger partial charge in [-0.25, -0.2) is 0 Å². The van der Waals surface area contributed by atoms with Crippen LogP contribution in [-0.2, 0) is 0 Å². The Kier molecular flexibility index (Phi) is 5.82. The van der Waals surface area contributed by atoms with E-state index in [4.69, 9.17) is 10.0 Å². The van der Waals surface area contributed by atoms with Crippen LogP contribution in [0.5, 0.6) is 0 Å². The molecule has 0 saturated carbocycles. The monoisotopic (exact) mass is 138 g/mol. The first-order valence-electron chi connectivity index (χ1n) is 3.07. The van der Waals surface area contributed by atoms with Gasteiger partial charge in [-0.15, -0.1) is 0 Å². The Bertz CT molecular complexity index is 139. The first kappa shape index (κ1) is 9.20. The summed E-state index contributed by atoms with van der Waals surface area (Å²) in [5.41, 5.74) is 0. The minimum absolute atomic E-state index is 0.698. The van der Waals surface area contributed by atoms with Crippen LogP contribution in [-0.4, -0.2) is 17.2 Å². The molecule has 0 aliphatic carbocycles. The minimum Gasteiger partial charge on any atom is -0.424 e. The highest BCUT2D eigenvalue weighted by Gasteiger charge is 1.95. The van der Waals surface area contributed by atoms with E-state index in [0.717, 1.165) is 0 Å². The molecule has 2 N–H and O–H groups in total. The van der Waals surface area contributed by atoms with Crippen molar-refractivity contribution >= 4 is 7.12 Å². The standard InChI is InChI=1S/C7H11BO2/c1-2-3-4-5-6-7-8(9)10/h2-4,6-7,9-10H,1,5H2/b4-3-,7-6+. The Morgan fingerprint density at radius 3 is 2.50 bits per heavy atom. The maximum atomic E-state index is 8.33. The van der Waals surface area contributed by atoms with Gasteiger partial charge in [0.1, 0.15) is 0 Å². The third kappa shape index (κ3) is 7.20. The Morgan fingerprint density at radius 1 is 1.30 bits per heavy atom. The lowest BCUT2D eigenvalue weighted by molar-refractivity contribution is 0.424. The van der Waals surface area contributed by atoms with Crippen LogP contribution in [0.25, 0.3) is 0 Å². The topological polar surface area (TPSA) is 40.5 Å². The zero-order valence-electron chi connectivity index (χ0n) is 5.77. The molecule has 0 atom stereocenters. The van der Waals surface area contributed by atoms with Crippen molar-refractivity contribution in [1.82, 2.24) is 0 Å². The van der Waals surface area contributed by atoms with E-state index in [-0.39, 0.29) is 0 Å². The molecule has 10 heavy (non-hydrogen) atoms. The van der Waals surface area contributed by atoms with Gasteiger partial charge in [0.25, 0.3) is 0 Å². The van der Waals surface area contributed by atoms with Crippen molar-refractivity contribution in [3.63, 3.8) is 0 Å². The van der Waals surface area contributed by atoms with E-state index in [9.17, 15) is 0 Å². The van der Waals surface area contributed by atoms with E-state index < -0.39 is 7.12 Å². The number of allylic oxidation sites excluding steroid dienone is 4. The minimum atomic E-state index is -1.34. The summed E-state index contributed by atoms with van der Waals surface area (Å²) in [6.07, 6.45) is 7.71. The normalized spacial score (nSPS) is 11.0. The summed E-state index contributed by atoms with van der Waals surface area (Å²) in [6, 6.07) is 0. The molecule has 0 heterocycles. The molecule has 0 rings (SSSR count). The van der Waals surface area contributed by atoms with Crippen LogP contribution in [0.4, 0.5) is 0 Å². The summed E-state index contributed by atoms with van der Waals surface area (Å²) in [5.74, 6) is 1.31. The van der Waals surface area contributed by atoms with Gasteiger partial charge in [0.15, 0.2) is 0 Å². The molecular formula is C7H11BO2. The molecule has 0 unspecified atom stereocenters. The number of hydrogen-bond acceptors (Lipinski definition) is 2. The molecule has 0 amide bonds. The fraction of sp³-hybridized carbons (Fsp3) is 0.143. The lowest BCUT2D eigenvalue weighted by atomic mass is 9.91. The van der Waals surface area contributed by atoms with Crippen molar-refractivity contribution in [2.45, 2.75) is 6.42 Å². The van der Waals surface area contributed by atoms with Crippen molar-refractivity contribution in [2.75, 3.05) is 0 Å². The summed E-state index contributed by atoms with van der Waals surface area (Å²) in [4.78, 5) is 0. The maximum absolute atomic E-state index is 8.33. The highest BCUT2D eigenvalue weighted by atomic mass is 16.4. The lowest BCUT2D eigenvalue weighted by Crippen LogP contribution is -2.05. The van der Waals surface area contributed by atoms with Crippen LogP contribution < -0.4 is 0 Å². The quantitative estimate of drug-likeness (QED) is 0.443. The first-order valence-corrected chi connectivity index (χ1v) is 3.07. The van der Waals surface area contributed by atoms with Crippen LogP contribution in [0.2, 0.25) is 0 Å². The van der Waals surface area contributed by atoms with Crippen molar-refractivity contribution in [3.8, 4) is 0 Å². The molecule has 3 heteroatoms. The molecule has 0 aliphatic heterocycles. The summed E-state index contributed by atoms with van der Waals surface area (Å²) in [7, 11) is -1.34. The fourth-order valence-corrected chi connectivity index (χ4v) is 0.454. The average molecular weight is 138 g/mol. The van der Waals surface area contributed by atoms with Gasteiger partial charge >= 0.3 is 7.12 Å². The molecule has 0 saturated heterocycles. The number of rotatable bonds is 4. The highest BCUT2D eigenvalue weighted by molar-refractivity contribution is 6.47. The molecule has 0 spiro atoms. The molecule has 0 aromatic carbocycles. The van der Waals surface area contributed by atoms with Crippen LogP contribution in [0.3, 0.4) is 0 Å². The predicted molar refractivity (Wildman–Crippen MR) is 43.3 cm³/mol. The van der Waals surface area contributed by atoms with Crippen LogP contribution in [0, 0.1) is 0 Å². The summed E-state index contributed by atoms with van der Waals surface area (Å²) in [5, 5.41) is 16.7. The van der Waals surface area contributed by atoms with Crippen molar-refractivity contribution in [2.24, 2.45) is 0 Å². The molecule has 0 bridgehead atoms. The van der Waals surface area contributed by atoms with Gasteiger partial charge in [0.05, 0.1) is 0 Å². The third-order valence-electron chi connectivity index (χ3n) is 0.853. The average Bonchev–Trinajstić information content (AvgIpc) is 1.87. The van der Waals surface area contributed by atoms with Gasteiger partial charge in [-0.2, -0.15) is 0 Å².